The Morgan fingerprint density at radius 1 is 1.42 bits per heavy atom. The Bertz CT molecular complexity index is 897. The van der Waals surface area contributed by atoms with Gasteiger partial charge in [0.2, 0.25) is 0 Å². The lowest BCUT2D eigenvalue weighted by Crippen LogP contribution is -2.31. The molecule has 3 aromatic heterocycles. The molecule has 0 aliphatic carbocycles. The number of nitrogens with zero attached hydrogens (tertiary/aromatic N) is 4. The zero-order chi connectivity index (χ0) is 17.1. The summed E-state index contributed by atoms with van der Waals surface area (Å²) in [5.74, 6) is 0.101. The molecule has 7 nitrogen and oxygen atoms in total. The molecule has 0 unspecified atom stereocenters. The highest BCUT2D eigenvalue weighted by Crippen LogP contribution is 2.19. The van der Waals surface area contributed by atoms with Crippen LogP contribution in [0.3, 0.4) is 0 Å². The first kappa shape index (κ1) is 16.1. The van der Waals surface area contributed by atoms with Gasteiger partial charge in [-0.15, -0.1) is 11.3 Å². The molecule has 8 heteroatoms. The Morgan fingerprint density at radius 2 is 2.25 bits per heavy atom. The summed E-state index contributed by atoms with van der Waals surface area (Å²) in [4.78, 5) is 33.9. The number of nitrogens with one attached hydrogen (secondary N) is 1. The maximum Gasteiger partial charge on any atom is 0.264 e. The fourth-order valence-corrected chi connectivity index (χ4v) is 2.97. The van der Waals surface area contributed by atoms with Crippen molar-refractivity contribution in [3.05, 3.63) is 57.6 Å². The van der Waals surface area contributed by atoms with Gasteiger partial charge in [0.15, 0.2) is 0 Å². The van der Waals surface area contributed by atoms with E-state index >= 15 is 0 Å². The second-order valence-corrected chi connectivity index (χ2v) is 6.27. The molecular formula is C16H17N5O2S. The first-order valence-corrected chi connectivity index (χ1v) is 8.36. The predicted octanol–water partition coefficient (Wildman–Crippen LogP) is 1.99. The summed E-state index contributed by atoms with van der Waals surface area (Å²) in [5.41, 5.74) is 0.502. The average molecular weight is 343 g/mol. The van der Waals surface area contributed by atoms with Gasteiger partial charge in [-0.2, -0.15) is 5.10 Å². The molecule has 0 saturated carbocycles. The summed E-state index contributed by atoms with van der Waals surface area (Å²) in [7, 11) is 1.65. The molecule has 1 N–H and O–H groups in total. The molecule has 0 radical (unpaired) electrons. The molecule has 3 aromatic rings. The zero-order valence-corrected chi connectivity index (χ0v) is 14.2. The van der Waals surface area contributed by atoms with Gasteiger partial charge in [0, 0.05) is 38.1 Å². The number of amides is 1. The Morgan fingerprint density at radius 3 is 2.88 bits per heavy atom. The Labute approximate surface area is 142 Å². The maximum absolute atomic E-state index is 12.5. The van der Waals surface area contributed by atoms with E-state index in [1.54, 1.807) is 17.9 Å². The molecule has 0 saturated heterocycles. The first-order valence-electron chi connectivity index (χ1n) is 7.48. The molecule has 0 fully saturated rings. The van der Waals surface area contributed by atoms with E-state index in [9.17, 15) is 9.59 Å². The van der Waals surface area contributed by atoms with E-state index in [2.05, 4.69) is 15.1 Å². The second kappa shape index (κ2) is 6.79. The van der Waals surface area contributed by atoms with Crippen LogP contribution in [0.4, 0.5) is 0 Å². The number of rotatable bonds is 5. The molecule has 24 heavy (non-hydrogen) atoms. The normalized spacial score (nSPS) is 10.8. The van der Waals surface area contributed by atoms with E-state index < -0.39 is 5.56 Å². The monoisotopic (exact) mass is 343 g/mol. The third-order valence-corrected chi connectivity index (χ3v) is 4.44. The van der Waals surface area contributed by atoms with Gasteiger partial charge in [-0.1, -0.05) is 6.07 Å². The quantitative estimate of drug-likeness (QED) is 0.768. The van der Waals surface area contributed by atoms with E-state index in [4.69, 9.17) is 0 Å². The van der Waals surface area contributed by atoms with Crippen molar-refractivity contribution in [2.45, 2.75) is 20.0 Å². The van der Waals surface area contributed by atoms with Crippen molar-refractivity contribution in [2.75, 3.05) is 7.05 Å². The Kier molecular flexibility index (Phi) is 4.57. The SMILES string of the molecule is CCn1cc(CN(C)C(=O)c2cnc(-c3cccs3)[nH]c2=O)cn1. The van der Waals surface area contributed by atoms with E-state index in [1.165, 1.54) is 22.4 Å². The molecule has 0 atom stereocenters. The largest absolute Gasteiger partial charge is 0.337 e. The summed E-state index contributed by atoms with van der Waals surface area (Å²) in [6, 6.07) is 3.74. The summed E-state index contributed by atoms with van der Waals surface area (Å²) >= 11 is 1.47. The van der Waals surface area contributed by atoms with Crippen LogP contribution >= 0.6 is 11.3 Å². The zero-order valence-electron chi connectivity index (χ0n) is 13.4. The summed E-state index contributed by atoms with van der Waals surface area (Å²) in [6.07, 6.45) is 4.93. The molecule has 0 aliphatic rings. The highest BCUT2D eigenvalue weighted by atomic mass is 32.1. The number of aryl methyl sites for hydroxylation is 1. The van der Waals surface area contributed by atoms with Gasteiger partial charge in [0.05, 0.1) is 11.1 Å². The summed E-state index contributed by atoms with van der Waals surface area (Å²) in [6.45, 7) is 3.14. The van der Waals surface area contributed by atoms with Gasteiger partial charge in [0.25, 0.3) is 11.5 Å². The van der Waals surface area contributed by atoms with Crippen LogP contribution in [0, 0.1) is 0 Å². The van der Waals surface area contributed by atoms with Crippen LogP contribution in [-0.4, -0.2) is 37.6 Å². The fourth-order valence-electron chi connectivity index (χ4n) is 2.30. The van der Waals surface area contributed by atoms with Crippen LogP contribution in [0.15, 0.2) is 40.9 Å². The minimum absolute atomic E-state index is 0.0284. The van der Waals surface area contributed by atoms with Crippen LogP contribution in [0.2, 0.25) is 0 Å². The van der Waals surface area contributed by atoms with Crippen LogP contribution in [0.5, 0.6) is 0 Å². The highest BCUT2D eigenvalue weighted by Gasteiger charge is 2.17. The smallest absolute Gasteiger partial charge is 0.264 e. The van der Waals surface area contributed by atoms with E-state index in [-0.39, 0.29) is 11.5 Å². The number of aromatic nitrogens is 4. The average Bonchev–Trinajstić information content (AvgIpc) is 3.25. The third-order valence-electron chi connectivity index (χ3n) is 3.56. The van der Waals surface area contributed by atoms with Crippen LogP contribution in [0.25, 0.3) is 10.7 Å². The van der Waals surface area contributed by atoms with E-state index in [0.29, 0.717) is 12.4 Å². The van der Waals surface area contributed by atoms with Gasteiger partial charge in [-0.3, -0.25) is 14.3 Å². The number of hydrogen-bond acceptors (Lipinski definition) is 5. The van der Waals surface area contributed by atoms with Crippen molar-refractivity contribution in [3.8, 4) is 10.7 Å². The highest BCUT2D eigenvalue weighted by molar-refractivity contribution is 7.13. The fraction of sp³-hybridized carbons (Fsp3) is 0.250. The van der Waals surface area contributed by atoms with Gasteiger partial charge in [0.1, 0.15) is 11.4 Å². The number of aromatic amines is 1. The molecule has 0 aliphatic heterocycles. The standard InChI is InChI=1S/C16H17N5O2S/c1-3-21-10-11(7-18-21)9-20(2)16(23)12-8-17-14(19-15(12)22)13-5-4-6-24-13/h4-8,10H,3,9H2,1-2H3,(H,17,19,22). The Balaban J connectivity index is 1.77. The Hall–Kier alpha value is -2.74. The summed E-state index contributed by atoms with van der Waals surface area (Å²) < 4.78 is 1.79. The third kappa shape index (κ3) is 3.28. The molecule has 3 rings (SSSR count). The van der Waals surface area contributed by atoms with E-state index in [0.717, 1.165) is 17.0 Å². The molecule has 1 amide bonds. The maximum atomic E-state index is 12.5. The topological polar surface area (TPSA) is 83.9 Å². The number of carbonyl (C=O) groups excluding carboxylic acids is 1. The van der Waals surface area contributed by atoms with Gasteiger partial charge in [-0.05, 0) is 18.4 Å². The van der Waals surface area contributed by atoms with Gasteiger partial charge >= 0.3 is 0 Å². The molecule has 0 bridgehead atoms. The molecule has 0 aromatic carbocycles. The van der Waals surface area contributed by atoms with Crippen molar-refractivity contribution < 1.29 is 4.79 Å². The van der Waals surface area contributed by atoms with Crippen LogP contribution < -0.4 is 5.56 Å². The van der Waals surface area contributed by atoms with Crippen molar-refractivity contribution in [1.29, 1.82) is 0 Å². The minimum Gasteiger partial charge on any atom is -0.337 e. The second-order valence-electron chi connectivity index (χ2n) is 5.32. The van der Waals surface area contributed by atoms with Crippen molar-refractivity contribution in [2.24, 2.45) is 0 Å². The van der Waals surface area contributed by atoms with Crippen molar-refractivity contribution in [1.82, 2.24) is 24.6 Å². The molecule has 0 spiro atoms. The van der Waals surface area contributed by atoms with Gasteiger partial charge in [-0.25, -0.2) is 4.98 Å². The van der Waals surface area contributed by atoms with Crippen molar-refractivity contribution in [3.63, 3.8) is 0 Å². The number of H-pyrrole nitrogens is 1. The lowest BCUT2D eigenvalue weighted by molar-refractivity contribution is 0.0783. The molecule has 3 heterocycles. The van der Waals surface area contributed by atoms with Crippen LogP contribution in [0.1, 0.15) is 22.8 Å². The van der Waals surface area contributed by atoms with E-state index in [1.807, 2.05) is 30.6 Å². The number of hydrogen-bond donors (Lipinski definition) is 1. The van der Waals surface area contributed by atoms with Crippen molar-refractivity contribution >= 4 is 17.2 Å². The number of thiophene rings is 1. The predicted molar refractivity (Wildman–Crippen MR) is 91.9 cm³/mol. The number of carbonyl (C=O) groups is 1. The first-order chi connectivity index (χ1) is 11.6. The minimum atomic E-state index is -0.436. The van der Waals surface area contributed by atoms with Crippen LogP contribution in [-0.2, 0) is 13.1 Å². The summed E-state index contributed by atoms with van der Waals surface area (Å²) in [5, 5.41) is 6.08. The molecule has 124 valence electrons. The molecular weight excluding hydrogens is 326 g/mol. The van der Waals surface area contributed by atoms with Gasteiger partial charge < -0.3 is 9.88 Å². The lowest BCUT2D eigenvalue weighted by atomic mass is 10.2. The lowest BCUT2D eigenvalue weighted by Gasteiger charge is -2.15.